The van der Waals surface area contributed by atoms with Gasteiger partial charge in [-0.25, -0.2) is 4.98 Å². The number of thiazole rings is 1. The number of aryl methyl sites for hydroxylation is 1. The van der Waals surface area contributed by atoms with E-state index in [1.54, 1.807) is 11.3 Å². The molecule has 0 aromatic carbocycles. The molecular weight excluding hydrogens is 230 g/mol. The average Bonchev–Trinajstić information content (AvgIpc) is 2.64. The molecule has 2 rings (SSSR count). The van der Waals surface area contributed by atoms with E-state index in [4.69, 9.17) is 5.84 Å². The number of hydrazine groups is 1. The SMILES string of the molecule is Cc1ncc(C(NN)C2CC(C)CC(C)C2)s1. The molecule has 3 nitrogen and oxygen atoms in total. The molecule has 1 aliphatic rings. The fourth-order valence-corrected chi connectivity index (χ4v) is 4.19. The second kappa shape index (κ2) is 5.46. The molecular formula is C13H23N3S. The van der Waals surface area contributed by atoms with Crippen molar-refractivity contribution in [1.29, 1.82) is 0 Å². The van der Waals surface area contributed by atoms with Gasteiger partial charge in [-0.05, 0) is 43.9 Å². The predicted molar refractivity (Wildman–Crippen MR) is 72.6 cm³/mol. The Morgan fingerprint density at radius 2 is 2.00 bits per heavy atom. The molecule has 1 aliphatic carbocycles. The van der Waals surface area contributed by atoms with Crippen molar-refractivity contribution in [3.63, 3.8) is 0 Å². The van der Waals surface area contributed by atoms with Crippen LogP contribution in [0.15, 0.2) is 6.20 Å². The Labute approximate surface area is 108 Å². The normalized spacial score (nSPS) is 31.4. The van der Waals surface area contributed by atoms with Gasteiger partial charge in [0.1, 0.15) is 0 Å². The highest BCUT2D eigenvalue weighted by atomic mass is 32.1. The number of nitrogens with zero attached hydrogens (tertiary/aromatic N) is 1. The third-order valence-electron chi connectivity index (χ3n) is 3.81. The molecule has 1 saturated carbocycles. The average molecular weight is 253 g/mol. The van der Waals surface area contributed by atoms with Crippen molar-refractivity contribution in [2.24, 2.45) is 23.6 Å². The summed E-state index contributed by atoms with van der Waals surface area (Å²) < 4.78 is 0. The highest BCUT2D eigenvalue weighted by Gasteiger charge is 2.31. The summed E-state index contributed by atoms with van der Waals surface area (Å²) in [7, 11) is 0. The molecule has 17 heavy (non-hydrogen) atoms. The van der Waals surface area contributed by atoms with Crippen LogP contribution in [-0.2, 0) is 0 Å². The largest absolute Gasteiger partial charge is 0.271 e. The Hall–Kier alpha value is -0.450. The van der Waals surface area contributed by atoms with E-state index in [2.05, 4.69) is 24.3 Å². The lowest BCUT2D eigenvalue weighted by atomic mass is 9.73. The fourth-order valence-electron chi connectivity index (χ4n) is 3.25. The van der Waals surface area contributed by atoms with Crippen LogP contribution in [-0.4, -0.2) is 4.98 Å². The molecule has 96 valence electrons. The monoisotopic (exact) mass is 253 g/mol. The first-order valence-corrected chi connectivity index (χ1v) is 7.30. The van der Waals surface area contributed by atoms with Gasteiger partial charge < -0.3 is 0 Å². The van der Waals surface area contributed by atoms with E-state index in [9.17, 15) is 0 Å². The number of hydrogen-bond acceptors (Lipinski definition) is 4. The van der Waals surface area contributed by atoms with Crippen molar-refractivity contribution in [2.75, 3.05) is 0 Å². The van der Waals surface area contributed by atoms with E-state index >= 15 is 0 Å². The highest BCUT2D eigenvalue weighted by molar-refractivity contribution is 7.11. The molecule has 1 heterocycles. The lowest BCUT2D eigenvalue weighted by molar-refractivity contribution is 0.178. The van der Waals surface area contributed by atoms with Gasteiger partial charge in [-0.3, -0.25) is 11.3 Å². The lowest BCUT2D eigenvalue weighted by Gasteiger charge is -2.35. The van der Waals surface area contributed by atoms with E-state index < -0.39 is 0 Å². The van der Waals surface area contributed by atoms with Crippen LogP contribution >= 0.6 is 11.3 Å². The van der Waals surface area contributed by atoms with Crippen LogP contribution in [0.3, 0.4) is 0 Å². The molecule has 0 amide bonds. The van der Waals surface area contributed by atoms with Gasteiger partial charge in [0.15, 0.2) is 0 Å². The van der Waals surface area contributed by atoms with Gasteiger partial charge in [-0.15, -0.1) is 11.3 Å². The minimum atomic E-state index is 0.284. The molecule has 0 radical (unpaired) electrons. The minimum absolute atomic E-state index is 0.284. The number of rotatable bonds is 3. The quantitative estimate of drug-likeness (QED) is 0.643. The zero-order valence-electron chi connectivity index (χ0n) is 10.9. The van der Waals surface area contributed by atoms with Crippen molar-refractivity contribution < 1.29 is 0 Å². The smallest absolute Gasteiger partial charge is 0.0897 e. The van der Waals surface area contributed by atoms with Gasteiger partial charge in [0.25, 0.3) is 0 Å². The molecule has 1 aromatic heterocycles. The highest BCUT2D eigenvalue weighted by Crippen LogP contribution is 2.40. The van der Waals surface area contributed by atoms with Crippen LogP contribution in [0.1, 0.15) is 49.0 Å². The van der Waals surface area contributed by atoms with Gasteiger partial charge in [0, 0.05) is 11.1 Å². The molecule has 0 aliphatic heterocycles. The Bertz CT molecular complexity index is 353. The van der Waals surface area contributed by atoms with Crippen LogP contribution in [0.2, 0.25) is 0 Å². The summed E-state index contributed by atoms with van der Waals surface area (Å²) in [4.78, 5) is 5.63. The summed E-state index contributed by atoms with van der Waals surface area (Å²) in [5, 5.41) is 1.12. The summed E-state index contributed by atoms with van der Waals surface area (Å²) in [6, 6.07) is 0.284. The van der Waals surface area contributed by atoms with Crippen LogP contribution in [0.5, 0.6) is 0 Å². The molecule has 4 heteroatoms. The summed E-state index contributed by atoms with van der Waals surface area (Å²) in [5.41, 5.74) is 3.01. The topological polar surface area (TPSA) is 50.9 Å². The molecule has 1 fully saturated rings. The number of hydrogen-bond donors (Lipinski definition) is 2. The minimum Gasteiger partial charge on any atom is -0.271 e. The first-order chi connectivity index (χ1) is 8.10. The van der Waals surface area contributed by atoms with E-state index in [-0.39, 0.29) is 6.04 Å². The van der Waals surface area contributed by atoms with Gasteiger partial charge in [0.05, 0.1) is 11.0 Å². The second-order valence-corrected chi connectivity index (χ2v) is 6.87. The summed E-state index contributed by atoms with van der Waals surface area (Å²) >= 11 is 1.76. The standard InChI is InChI=1S/C13H23N3S/c1-8-4-9(2)6-11(5-8)13(16-14)12-7-15-10(3)17-12/h7-9,11,13,16H,4-6,14H2,1-3H3. The first kappa shape index (κ1) is 13.0. The Kier molecular flexibility index (Phi) is 4.17. The molecule has 1 aromatic rings. The Morgan fingerprint density at radius 3 is 2.47 bits per heavy atom. The first-order valence-electron chi connectivity index (χ1n) is 6.48. The number of aromatic nitrogens is 1. The number of nitrogens with one attached hydrogen (secondary N) is 1. The van der Waals surface area contributed by atoms with Crippen LogP contribution in [0.25, 0.3) is 0 Å². The maximum atomic E-state index is 5.76. The number of nitrogens with two attached hydrogens (primary N) is 1. The molecule has 0 bridgehead atoms. The fraction of sp³-hybridized carbons (Fsp3) is 0.769. The zero-order valence-corrected chi connectivity index (χ0v) is 11.8. The van der Waals surface area contributed by atoms with E-state index in [0.29, 0.717) is 5.92 Å². The van der Waals surface area contributed by atoms with Gasteiger partial charge in [0.2, 0.25) is 0 Å². The van der Waals surface area contributed by atoms with Crippen molar-refractivity contribution in [3.8, 4) is 0 Å². The molecule has 3 N–H and O–H groups in total. The molecule has 3 atom stereocenters. The summed E-state index contributed by atoms with van der Waals surface area (Å²) in [5.74, 6) is 8.04. The molecule has 0 spiro atoms. The Balaban J connectivity index is 2.12. The van der Waals surface area contributed by atoms with Crippen LogP contribution in [0.4, 0.5) is 0 Å². The summed E-state index contributed by atoms with van der Waals surface area (Å²) in [6.07, 6.45) is 5.89. The van der Waals surface area contributed by atoms with Gasteiger partial charge in [-0.2, -0.15) is 0 Å². The zero-order chi connectivity index (χ0) is 12.4. The summed E-state index contributed by atoms with van der Waals surface area (Å²) in [6.45, 7) is 6.76. The van der Waals surface area contributed by atoms with E-state index in [0.717, 1.165) is 16.8 Å². The third kappa shape index (κ3) is 3.06. The van der Waals surface area contributed by atoms with E-state index in [1.165, 1.54) is 24.1 Å². The lowest BCUT2D eigenvalue weighted by Crippen LogP contribution is -2.36. The van der Waals surface area contributed by atoms with Gasteiger partial charge >= 0.3 is 0 Å². The van der Waals surface area contributed by atoms with Crippen molar-refractivity contribution in [2.45, 2.75) is 46.1 Å². The molecule has 3 unspecified atom stereocenters. The van der Waals surface area contributed by atoms with Crippen molar-refractivity contribution >= 4 is 11.3 Å². The maximum absolute atomic E-state index is 5.76. The maximum Gasteiger partial charge on any atom is 0.0897 e. The van der Waals surface area contributed by atoms with Crippen LogP contribution in [0, 0.1) is 24.7 Å². The van der Waals surface area contributed by atoms with E-state index in [1.807, 2.05) is 13.1 Å². The molecule has 0 saturated heterocycles. The third-order valence-corrected chi connectivity index (χ3v) is 4.81. The second-order valence-electron chi connectivity index (χ2n) is 5.60. The van der Waals surface area contributed by atoms with Crippen molar-refractivity contribution in [1.82, 2.24) is 10.4 Å². The van der Waals surface area contributed by atoms with Crippen molar-refractivity contribution in [3.05, 3.63) is 16.1 Å². The Morgan fingerprint density at radius 1 is 1.35 bits per heavy atom. The van der Waals surface area contributed by atoms with Gasteiger partial charge in [-0.1, -0.05) is 13.8 Å². The van der Waals surface area contributed by atoms with Crippen LogP contribution < -0.4 is 11.3 Å². The predicted octanol–water partition coefficient (Wildman–Crippen LogP) is 3.03.